The number of nitrogens with one attached hydrogen (secondary N) is 1. The van der Waals surface area contributed by atoms with Crippen LogP contribution in [-0.4, -0.2) is 41.5 Å². The van der Waals surface area contributed by atoms with Crippen LogP contribution >= 0.6 is 23.1 Å². The van der Waals surface area contributed by atoms with Crippen LogP contribution in [0.2, 0.25) is 0 Å². The summed E-state index contributed by atoms with van der Waals surface area (Å²) >= 11 is 3.47. The average molecular weight is 389 g/mol. The highest BCUT2D eigenvalue weighted by Crippen LogP contribution is 2.22. The van der Waals surface area contributed by atoms with E-state index in [2.05, 4.69) is 22.1 Å². The van der Waals surface area contributed by atoms with Crippen LogP contribution in [0, 0.1) is 0 Å². The Morgan fingerprint density at radius 1 is 1.12 bits per heavy atom. The molecule has 3 amide bonds. The Kier molecular flexibility index (Phi) is 6.46. The minimum Gasteiger partial charge on any atom is -0.355 e. The molecule has 0 aliphatic carbocycles. The molecule has 0 saturated heterocycles. The number of thioether (sulfide) groups is 1. The first-order chi connectivity index (χ1) is 12.7. The number of carbonyl (C=O) groups is 3. The lowest BCUT2D eigenvalue weighted by atomic mass is 10.1. The molecule has 1 aromatic heterocycles. The van der Waals surface area contributed by atoms with Gasteiger partial charge < -0.3 is 5.32 Å². The average Bonchev–Trinajstić information content (AvgIpc) is 3.24. The molecule has 0 spiro atoms. The van der Waals surface area contributed by atoms with Gasteiger partial charge >= 0.3 is 0 Å². The van der Waals surface area contributed by atoms with E-state index in [1.165, 1.54) is 10.5 Å². The maximum absolute atomic E-state index is 12.2. The van der Waals surface area contributed by atoms with Gasteiger partial charge in [-0.2, -0.15) is 23.1 Å². The molecule has 1 aromatic carbocycles. The molecule has 0 saturated carbocycles. The van der Waals surface area contributed by atoms with E-state index in [1.54, 1.807) is 47.4 Å². The van der Waals surface area contributed by atoms with E-state index in [9.17, 15) is 14.4 Å². The summed E-state index contributed by atoms with van der Waals surface area (Å²) < 4.78 is 0. The lowest BCUT2D eigenvalue weighted by Crippen LogP contribution is -2.32. The first-order valence-corrected chi connectivity index (χ1v) is 10.6. The maximum Gasteiger partial charge on any atom is 0.261 e. The van der Waals surface area contributed by atoms with Crippen LogP contribution in [0.25, 0.3) is 0 Å². The fourth-order valence-corrected chi connectivity index (χ4v) is 4.34. The molecule has 2 aromatic rings. The summed E-state index contributed by atoms with van der Waals surface area (Å²) in [5, 5.41) is 7.07. The molecule has 3 rings (SSSR count). The highest BCUT2D eigenvalue weighted by atomic mass is 32.2. The third kappa shape index (κ3) is 4.53. The molecular weight excluding hydrogens is 368 g/mol. The van der Waals surface area contributed by atoms with E-state index in [1.807, 2.05) is 0 Å². The number of rotatable bonds is 9. The smallest absolute Gasteiger partial charge is 0.261 e. The lowest BCUT2D eigenvalue weighted by Gasteiger charge is -2.13. The van der Waals surface area contributed by atoms with Gasteiger partial charge in [0, 0.05) is 31.0 Å². The SMILES string of the molecule is O=C(CCCN1C(=O)c2ccccc2C1=O)NCCSCc1ccsc1. The van der Waals surface area contributed by atoms with E-state index in [4.69, 9.17) is 0 Å². The lowest BCUT2D eigenvalue weighted by molar-refractivity contribution is -0.121. The van der Waals surface area contributed by atoms with Crippen molar-refractivity contribution in [3.8, 4) is 0 Å². The Morgan fingerprint density at radius 3 is 2.50 bits per heavy atom. The van der Waals surface area contributed by atoms with E-state index in [-0.39, 0.29) is 24.3 Å². The summed E-state index contributed by atoms with van der Waals surface area (Å²) in [6.45, 7) is 0.896. The fraction of sp³-hybridized carbons (Fsp3) is 0.316. The van der Waals surface area contributed by atoms with Crippen LogP contribution < -0.4 is 5.32 Å². The van der Waals surface area contributed by atoms with Crippen LogP contribution in [0.15, 0.2) is 41.1 Å². The molecule has 0 bridgehead atoms. The van der Waals surface area contributed by atoms with Crippen molar-refractivity contribution in [1.82, 2.24) is 10.2 Å². The van der Waals surface area contributed by atoms with Crippen molar-refractivity contribution >= 4 is 40.8 Å². The molecule has 26 heavy (non-hydrogen) atoms. The molecule has 5 nitrogen and oxygen atoms in total. The Labute approximate surface area is 160 Å². The molecule has 136 valence electrons. The van der Waals surface area contributed by atoms with Crippen LogP contribution in [0.1, 0.15) is 39.1 Å². The molecule has 2 heterocycles. The summed E-state index contributed by atoms with van der Waals surface area (Å²) in [6, 6.07) is 8.93. The maximum atomic E-state index is 12.2. The van der Waals surface area contributed by atoms with Crippen LogP contribution in [0.5, 0.6) is 0 Å². The van der Waals surface area contributed by atoms with Gasteiger partial charge in [0.2, 0.25) is 5.91 Å². The first kappa shape index (κ1) is 18.7. The zero-order valence-corrected chi connectivity index (χ0v) is 15.9. The van der Waals surface area contributed by atoms with Crippen molar-refractivity contribution in [1.29, 1.82) is 0 Å². The third-order valence-electron chi connectivity index (χ3n) is 4.08. The summed E-state index contributed by atoms with van der Waals surface area (Å²) in [7, 11) is 0. The number of imide groups is 1. The van der Waals surface area contributed by atoms with Crippen LogP contribution in [0.3, 0.4) is 0 Å². The third-order valence-corrected chi connectivity index (χ3v) is 5.84. The van der Waals surface area contributed by atoms with E-state index in [0.29, 0.717) is 30.5 Å². The van der Waals surface area contributed by atoms with Crippen molar-refractivity contribution in [2.45, 2.75) is 18.6 Å². The number of hydrogen-bond donors (Lipinski definition) is 1. The predicted molar refractivity (Wildman–Crippen MR) is 105 cm³/mol. The van der Waals surface area contributed by atoms with Crippen molar-refractivity contribution in [2.75, 3.05) is 18.8 Å². The molecule has 7 heteroatoms. The van der Waals surface area contributed by atoms with Crippen molar-refractivity contribution in [2.24, 2.45) is 0 Å². The molecule has 0 atom stereocenters. The van der Waals surface area contributed by atoms with Gasteiger partial charge in [0.15, 0.2) is 0 Å². The van der Waals surface area contributed by atoms with Crippen molar-refractivity contribution < 1.29 is 14.4 Å². The van der Waals surface area contributed by atoms with Crippen LogP contribution in [-0.2, 0) is 10.5 Å². The normalized spacial score (nSPS) is 13.2. The number of thiophene rings is 1. The highest BCUT2D eigenvalue weighted by molar-refractivity contribution is 7.98. The minimum atomic E-state index is -0.268. The Balaban J connectivity index is 1.32. The van der Waals surface area contributed by atoms with Gasteiger partial charge in [-0.25, -0.2) is 0 Å². The molecule has 0 unspecified atom stereocenters. The topological polar surface area (TPSA) is 66.5 Å². The first-order valence-electron chi connectivity index (χ1n) is 8.47. The van der Waals surface area contributed by atoms with Crippen LogP contribution in [0.4, 0.5) is 0 Å². The zero-order chi connectivity index (χ0) is 18.4. The van der Waals surface area contributed by atoms with Gasteiger partial charge in [-0.1, -0.05) is 12.1 Å². The summed E-state index contributed by atoms with van der Waals surface area (Å²) in [6.07, 6.45) is 0.780. The quantitative estimate of drug-likeness (QED) is 0.529. The Morgan fingerprint density at radius 2 is 1.85 bits per heavy atom. The number of carbonyl (C=O) groups excluding carboxylic acids is 3. The second-order valence-electron chi connectivity index (χ2n) is 5.95. The molecule has 0 fully saturated rings. The van der Waals surface area contributed by atoms with Gasteiger partial charge in [0.25, 0.3) is 11.8 Å². The molecule has 1 aliphatic rings. The molecule has 0 radical (unpaired) electrons. The highest BCUT2D eigenvalue weighted by Gasteiger charge is 2.34. The summed E-state index contributed by atoms with van der Waals surface area (Å²) in [5.41, 5.74) is 2.21. The summed E-state index contributed by atoms with van der Waals surface area (Å²) in [5.74, 6) is 1.24. The second kappa shape index (κ2) is 9.00. The van der Waals surface area contributed by atoms with E-state index < -0.39 is 0 Å². The number of benzene rings is 1. The van der Waals surface area contributed by atoms with Gasteiger partial charge in [-0.15, -0.1) is 0 Å². The number of nitrogens with zero attached hydrogens (tertiary/aromatic N) is 1. The Hall–Kier alpha value is -2.12. The predicted octanol–water partition coefficient (Wildman–Crippen LogP) is 3.17. The monoisotopic (exact) mass is 388 g/mol. The van der Waals surface area contributed by atoms with Gasteiger partial charge in [0.1, 0.15) is 0 Å². The number of hydrogen-bond acceptors (Lipinski definition) is 5. The van der Waals surface area contributed by atoms with E-state index in [0.717, 1.165) is 11.5 Å². The van der Waals surface area contributed by atoms with E-state index >= 15 is 0 Å². The molecular formula is C19H20N2O3S2. The zero-order valence-electron chi connectivity index (χ0n) is 14.3. The van der Waals surface area contributed by atoms with Crippen molar-refractivity contribution in [3.63, 3.8) is 0 Å². The standard InChI is InChI=1S/C19H20N2O3S2/c22-17(20-8-11-26-13-14-7-10-25-12-14)6-3-9-21-18(23)15-4-1-2-5-16(15)19(21)24/h1-2,4-5,7,10,12H,3,6,8-9,11,13H2,(H,20,22). The molecule has 1 aliphatic heterocycles. The molecule has 1 N–H and O–H groups in total. The Bertz CT molecular complexity index is 755. The number of fused-ring (bicyclic) bond motifs is 1. The second-order valence-corrected chi connectivity index (χ2v) is 7.83. The van der Waals surface area contributed by atoms with Crippen molar-refractivity contribution in [3.05, 3.63) is 57.8 Å². The fourth-order valence-electron chi connectivity index (χ4n) is 2.76. The van der Waals surface area contributed by atoms with Gasteiger partial charge in [-0.05, 0) is 40.9 Å². The minimum absolute atomic E-state index is 0.0438. The van der Waals surface area contributed by atoms with Gasteiger partial charge in [-0.3, -0.25) is 19.3 Å². The largest absolute Gasteiger partial charge is 0.355 e. The number of amides is 3. The summed E-state index contributed by atoms with van der Waals surface area (Å²) in [4.78, 5) is 37.6. The van der Waals surface area contributed by atoms with Gasteiger partial charge in [0.05, 0.1) is 11.1 Å².